The summed E-state index contributed by atoms with van der Waals surface area (Å²) in [5.74, 6) is 0.194. The van der Waals surface area contributed by atoms with Crippen LogP contribution in [0.4, 0.5) is 21.1 Å². The van der Waals surface area contributed by atoms with E-state index in [2.05, 4.69) is 25.3 Å². The third-order valence-corrected chi connectivity index (χ3v) is 5.50. The van der Waals surface area contributed by atoms with Gasteiger partial charge in [-0.2, -0.15) is 15.0 Å². The summed E-state index contributed by atoms with van der Waals surface area (Å²) in [7, 11) is 0. The zero-order valence-electron chi connectivity index (χ0n) is 17.1. The van der Waals surface area contributed by atoms with Crippen LogP contribution in [0.5, 0.6) is 0 Å². The van der Waals surface area contributed by atoms with Crippen molar-refractivity contribution in [3.05, 3.63) is 50.8 Å². The molecule has 2 N–H and O–H groups in total. The van der Waals surface area contributed by atoms with E-state index in [-0.39, 0.29) is 35.1 Å². The van der Waals surface area contributed by atoms with E-state index in [1.165, 1.54) is 17.0 Å². The molecule has 11 heteroatoms. The van der Waals surface area contributed by atoms with Crippen molar-refractivity contribution in [1.29, 1.82) is 0 Å². The number of nitrogens with one attached hydrogen (secondary N) is 2. The van der Waals surface area contributed by atoms with Gasteiger partial charge in [-0.1, -0.05) is 18.5 Å². The summed E-state index contributed by atoms with van der Waals surface area (Å²) in [5, 5.41) is 3.53. The maximum Gasteiger partial charge on any atom is 0.417 e. The highest BCUT2D eigenvalue weighted by Crippen LogP contribution is 2.26. The number of nitrogens with zero attached hydrogens (tertiary/aromatic N) is 4. The second-order valence-electron chi connectivity index (χ2n) is 7.26. The Bertz CT molecular complexity index is 1230. The minimum absolute atomic E-state index is 0.137. The average molecular weight is 447 g/mol. The van der Waals surface area contributed by atoms with E-state index in [1.54, 1.807) is 19.9 Å². The van der Waals surface area contributed by atoms with Gasteiger partial charge in [0.2, 0.25) is 11.9 Å². The van der Waals surface area contributed by atoms with Crippen molar-refractivity contribution in [2.45, 2.75) is 39.3 Å². The Kier molecular flexibility index (Phi) is 5.48. The van der Waals surface area contributed by atoms with E-state index >= 15 is 0 Å². The lowest BCUT2D eigenvalue weighted by atomic mass is 10.1. The van der Waals surface area contributed by atoms with Crippen LogP contribution >= 0.6 is 11.6 Å². The van der Waals surface area contributed by atoms with Crippen LogP contribution in [0.2, 0.25) is 5.02 Å². The van der Waals surface area contributed by atoms with Crippen LogP contribution in [0.15, 0.2) is 23.0 Å². The number of H-pyrrole nitrogens is 1. The summed E-state index contributed by atoms with van der Waals surface area (Å²) >= 11 is 5.96. The molecule has 1 fully saturated rings. The average Bonchev–Trinajstić information content (AvgIpc) is 3.11. The molecule has 0 spiro atoms. The Morgan fingerprint density at radius 1 is 1.35 bits per heavy atom. The van der Waals surface area contributed by atoms with Gasteiger partial charge in [-0.3, -0.25) is 4.79 Å². The summed E-state index contributed by atoms with van der Waals surface area (Å²) in [6.45, 7) is 5.66. The third kappa shape index (κ3) is 3.90. The SMILES string of the molecule is CC[C@H]1COC(=O)N1c1nc(C)nc(N[C@@H](C)c2cc3ccc(F)c(Cl)c3[nH]c2=O)n1. The van der Waals surface area contributed by atoms with E-state index in [0.717, 1.165) is 0 Å². The quantitative estimate of drug-likeness (QED) is 0.614. The number of cyclic esters (lactones) is 1. The zero-order chi connectivity index (χ0) is 22.3. The van der Waals surface area contributed by atoms with Crippen LogP contribution in [-0.4, -0.2) is 38.7 Å². The van der Waals surface area contributed by atoms with Gasteiger partial charge in [0.25, 0.3) is 5.56 Å². The Morgan fingerprint density at radius 3 is 2.87 bits per heavy atom. The molecule has 0 unspecified atom stereocenters. The van der Waals surface area contributed by atoms with Crippen molar-refractivity contribution in [3.8, 4) is 0 Å². The number of aromatic nitrogens is 4. The first-order valence-electron chi connectivity index (χ1n) is 9.74. The molecule has 1 aromatic carbocycles. The van der Waals surface area contributed by atoms with Gasteiger partial charge in [-0.05, 0) is 38.5 Å². The standard InChI is InChI=1S/C20H20ClFN6O3/c1-4-12-8-31-20(30)28(12)19-25-10(3)24-18(27-19)23-9(2)13-7-11-5-6-14(22)15(21)16(11)26-17(13)29/h5-7,9,12H,4,8H2,1-3H3,(H,26,29)(H,23,24,25,27)/t9-,12-/m0/s1. The van der Waals surface area contributed by atoms with E-state index in [1.807, 2.05) is 6.92 Å². The number of pyridine rings is 1. The molecule has 9 nitrogen and oxygen atoms in total. The van der Waals surface area contributed by atoms with Crippen LogP contribution in [0, 0.1) is 12.7 Å². The lowest BCUT2D eigenvalue weighted by molar-refractivity contribution is 0.178. The number of aromatic amines is 1. The number of amides is 1. The molecular weight excluding hydrogens is 427 g/mol. The van der Waals surface area contributed by atoms with Crippen molar-refractivity contribution in [1.82, 2.24) is 19.9 Å². The van der Waals surface area contributed by atoms with Crippen molar-refractivity contribution in [2.24, 2.45) is 0 Å². The maximum atomic E-state index is 13.7. The topological polar surface area (TPSA) is 113 Å². The Balaban J connectivity index is 1.66. The number of hydrogen-bond acceptors (Lipinski definition) is 7. The van der Waals surface area contributed by atoms with Gasteiger partial charge in [0, 0.05) is 10.9 Å². The number of carbonyl (C=O) groups is 1. The molecular formula is C20H20ClFN6O3. The zero-order valence-corrected chi connectivity index (χ0v) is 17.8. The summed E-state index contributed by atoms with van der Waals surface area (Å²) < 4.78 is 18.8. The highest BCUT2D eigenvalue weighted by Gasteiger charge is 2.35. The first-order chi connectivity index (χ1) is 14.8. The normalized spacial score (nSPS) is 17.1. The second-order valence-corrected chi connectivity index (χ2v) is 7.64. The molecule has 3 heterocycles. The molecule has 0 aliphatic carbocycles. The van der Waals surface area contributed by atoms with E-state index in [9.17, 15) is 14.0 Å². The summed E-state index contributed by atoms with van der Waals surface area (Å²) in [6, 6.07) is 3.76. The van der Waals surface area contributed by atoms with Crippen LogP contribution in [-0.2, 0) is 4.74 Å². The second kappa shape index (κ2) is 8.10. The Hall–Kier alpha value is -3.27. The van der Waals surface area contributed by atoms with Crippen LogP contribution in [0.25, 0.3) is 10.9 Å². The predicted octanol–water partition coefficient (Wildman–Crippen LogP) is 3.72. The fourth-order valence-corrected chi connectivity index (χ4v) is 3.69. The number of aryl methyl sites for hydroxylation is 1. The molecule has 3 aromatic rings. The molecule has 162 valence electrons. The Labute approximate surface area is 181 Å². The minimum Gasteiger partial charge on any atom is -0.447 e. The molecule has 1 amide bonds. The number of benzene rings is 1. The first kappa shape index (κ1) is 21.0. The lowest BCUT2D eigenvalue weighted by Gasteiger charge is -2.20. The van der Waals surface area contributed by atoms with Crippen molar-refractivity contribution < 1.29 is 13.9 Å². The molecule has 2 atom stereocenters. The molecule has 1 aliphatic rings. The van der Waals surface area contributed by atoms with Gasteiger partial charge in [-0.25, -0.2) is 14.1 Å². The van der Waals surface area contributed by atoms with Crippen molar-refractivity contribution in [2.75, 3.05) is 16.8 Å². The lowest BCUT2D eigenvalue weighted by Crippen LogP contribution is -2.35. The molecule has 1 aliphatic heterocycles. The van der Waals surface area contributed by atoms with Crippen LogP contribution in [0.1, 0.15) is 37.7 Å². The number of ether oxygens (including phenoxy) is 1. The van der Waals surface area contributed by atoms with Gasteiger partial charge >= 0.3 is 6.09 Å². The predicted molar refractivity (Wildman–Crippen MR) is 114 cm³/mol. The summed E-state index contributed by atoms with van der Waals surface area (Å²) in [4.78, 5) is 41.7. The number of rotatable bonds is 5. The minimum atomic E-state index is -0.609. The number of hydrogen-bond donors (Lipinski definition) is 2. The molecule has 0 saturated carbocycles. The van der Waals surface area contributed by atoms with Crippen LogP contribution < -0.4 is 15.8 Å². The van der Waals surface area contributed by atoms with Gasteiger partial charge < -0.3 is 15.0 Å². The van der Waals surface area contributed by atoms with Crippen molar-refractivity contribution >= 4 is 40.5 Å². The smallest absolute Gasteiger partial charge is 0.417 e. The summed E-state index contributed by atoms with van der Waals surface area (Å²) in [6.07, 6.45) is 0.178. The van der Waals surface area contributed by atoms with Gasteiger partial charge in [-0.15, -0.1) is 0 Å². The molecule has 0 radical (unpaired) electrons. The first-order valence-corrected chi connectivity index (χ1v) is 10.1. The largest absolute Gasteiger partial charge is 0.447 e. The fraction of sp³-hybridized carbons (Fsp3) is 0.350. The van der Waals surface area contributed by atoms with Crippen LogP contribution in [0.3, 0.4) is 0 Å². The molecule has 0 bridgehead atoms. The number of fused-ring (bicyclic) bond motifs is 1. The van der Waals surface area contributed by atoms with E-state index in [4.69, 9.17) is 16.3 Å². The van der Waals surface area contributed by atoms with Crippen molar-refractivity contribution in [3.63, 3.8) is 0 Å². The highest BCUT2D eigenvalue weighted by molar-refractivity contribution is 6.35. The van der Waals surface area contributed by atoms with Gasteiger partial charge in [0.15, 0.2) is 0 Å². The number of carbonyl (C=O) groups excluding carboxylic acids is 1. The highest BCUT2D eigenvalue weighted by atomic mass is 35.5. The summed E-state index contributed by atoms with van der Waals surface area (Å²) in [5.41, 5.74) is 0.209. The molecule has 2 aromatic heterocycles. The molecule has 1 saturated heterocycles. The van der Waals surface area contributed by atoms with Gasteiger partial charge in [0.05, 0.1) is 17.6 Å². The Morgan fingerprint density at radius 2 is 2.13 bits per heavy atom. The van der Waals surface area contributed by atoms with E-state index in [0.29, 0.717) is 23.2 Å². The maximum absolute atomic E-state index is 13.7. The molecule has 4 rings (SSSR count). The molecule has 31 heavy (non-hydrogen) atoms. The third-order valence-electron chi connectivity index (χ3n) is 5.13. The fourth-order valence-electron chi connectivity index (χ4n) is 3.47. The van der Waals surface area contributed by atoms with E-state index < -0.39 is 23.5 Å². The van der Waals surface area contributed by atoms with Gasteiger partial charge in [0.1, 0.15) is 23.3 Å². The monoisotopic (exact) mass is 446 g/mol. The number of halogens is 2. The number of anilines is 2.